The Labute approximate surface area is 226 Å². The van der Waals surface area contributed by atoms with E-state index in [0.717, 1.165) is 52.1 Å². The first-order chi connectivity index (χ1) is 18.6. The third-order valence-electron chi connectivity index (χ3n) is 8.58. The zero-order valence-corrected chi connectivity index (χ0v) is 23.0. The number of hydrogen-bond donors (Lipinski definition) is 3. The van der Waals surface area contributed by atoms with Crippen molar-refractivity contribution in [2.75, 3.05) is 34.2 Å². The fraction of sp³-hybridized carbons (Fsp3) is 0.414. The van der Waals surface area contributed by atoms with Crippen LogP contribution < -0.4 is 0 Å². The van der Waals surface area contributed by atoms with E-state index < -0.39 is 5.82 Å². The fourth-order valence-corrected chi connectivity index (χ4v) is 5.79. The zero-order chi connectivity index (χ0) is 27.6. The van der Waals surface area contributed by atoms with Gasteiger partial charge in [-0.15, -0.1) is 0 Å². The topological polar surface area (TPSA) is 104 Å². The number of nitrogens with one attached hydrogen (secondary N) is 2. The second-order valence-corrected chi connectivity index (χ2v) is 11.4. The summed E-state index contributed by atoms with van der Waals surface area (Å²) in [6.07, 6.45) is 1.22. The number of hydrogen-bond acceptors (Lipinski definition) is 6. The molecule has 2 aromatic carbocycles. The molecule has 0 bridgehead atoms. The lowest BCUT2D eigenvalue weighted by Gasteiger charge is -2.53. The predicted molar refractivity (Wildman–Crippen MR) is 148 cm³/mol. The van der Waals surface area contributed by atoms with Gasteiger partial charge in [-0.25, -0.2) is 9.37 Å². The van der Waals surface area contributed by atoms with Crippen LogP contribution in [0.3, 0.4) is 0 Å². The Morgan fingerprint density at radius 1 is 1.26 bits per heavy atom. The minimum atomic E-state index is -0.642. The summed E-state index contributed by atoms with van der Waals surface area (Å²) >= 11 is 0. The fourth-order valence-electron chi connectivity index (χ4n) is 5.79. The number of phenols is 1. The van der Waals surface area contributed by atoms with E-state index in [1.165, 1.54) is 12.1 Å². The maximum atomic E-state index is 14.2. The number of aromatic nitrogens is 4. The van der Waals surface area contributed by atoms with Crippen LogP contribution in [0.2, 0.25) is 0 Å². The first-order valence-electron chi connectivity index (χ1n) is 13.3. The molecule has 39 heavy (non-hydrogen) atoms. The lowest BCUT2D eigenvalue weighted by atomic mass is 9.89. The number of H-pyrrole nitrogens is 2. The van der Waals surface area contributed by atoms with E-state index in [1.807, 2.05) is 37.1 Å². The number of rotatable bonds is 5. The van der Waals surface area contributed by atoms with Crippen LogP contribution in [0.1, 0.15) is 30.8 Å². The Hall–Kier alpha value is -3.76. The van der Waals surface area contributed by atoms with Gasteiger partial charge in [-0.05, 0) is 75.4 Å². The highest BCUT2D eigenvalue weighted by molar-refractivity contribution is 5.94. The highest BCUT2D eigenvalue weighted by Crippen LogP contribution is 2.35. The Bertz CT molecular complexity index is 1580. The monoisotopic (exact) mass is 531 g/mol. The van der Waals surface area contributed by atoms with Crippen LogP contribution in [0.25, 0.3) is 33.5 Å². The van der Waals surface area contributed by atoms with Gasteiger partial charge in [0.05, 0.1) is 28.5 Å². The van der Waals surface area contributed by atoms with Crippen LogP contribution in [0.5, 0.6) is 5.75 Å². The Balaban J connectivity index is 1.26. The number of amides is 1. The number of halogens is 1. The highest BCUT2D eigenvalue weighted by Gasteiger charge is 2.46. The Morgan fingerprint density at radius 3 is 2.74 bits per heavy atom. The third kappa shape index (κ3) is 4.18. The van der Waals surface area contributed by atoms with Crippen LogP contribution in [0.4, 0.5) is 4.39 Å². The van der Waals surface area contributed by atoms with Gasteiger partial charge >= 0.3 is 0 Å². The van der Waals surface area contributed by atoms with Gasteiger partial charge in [0, 0.05) is 31.4 Å². The molecule has 1 fully saturated rings. The van der Waals surface area contributed by atoms with Crippen molar-refractivity contribution >= 4 is 16.8 Å². The number of aromatic hydroxyl groups is 1. The SMILES string of the molecule is CCc1cc(O)c(F)cc1-c1ccc2c(-c3nc4c([nH]3)CN(C)[C@H](C(=O)N3CC(C)(N(C)C)C3)C4)n[nH]c2c1. The average molecular weight is 532 g/mol. The summed E-state index contributed by atoms with van der Waals surface area (Å²) in [7, 11) is 6.10. The Morgan fingerprint density at radius 2 is 2.03 bits per heavy atom. The summed E-state index contributed by atoms with van der Waals surface area (Å²) in [6.45, 7) is 6.24. The number of carbonyl (C=O) groups excluding carboxylic acids is 1. The van der Waals surface area contributed by atoms with Crippen molar-refractivity contribution in [2.24, 2.45) is 0 Å². The van der Waals surface area contributed by atoms with Crippen molar-refractivity contribution in [1.29, 1.82) is 0 Å². The van der Waals surface area contributed by atoms with Gasteiger partial charge in [-0.3, -0.25) is 14.8 Å². The maximum Gasteiger partial charge on any atom is 0.240 e. The normalized spacial score (nSPS) is 18.9. The summed E-state index contributed by atoms with van der Waals surface area (Å²) < 4.78 is 14.2. The average Bonchev–Trinajstić information content (AvgIpc) is 3.50. The molecule has 6 rings (SSSR count). The molecule has 3 N–H and O–H groups in total. The lowest BCUT2D eigenvalue weighted by Crippen LogP contribution is -2.70. The van der Waals surface area contributed by atoms with Crippen molar-refractivity contribution in [3.63, 3.8) is 0 Å². The number of benzene rings is 2. The largest absolute Gasteiger partial charge is 0.505 e. The van der Waals surface area contributed by atoms with Gasteiger partial charge in [-0.1, -0.05) is 13.0 Å². The van der Waals surface area contributed by atoms with E-state index in [1.54, 1.807) is 0 Å². The van der Waals surface area contributed by atoms with Crippen LogP contribution in [-0.2, 0) is 24.2 Å². The van der Waals surface area contributed by atoms with Gasteiger partial charge in [0.1, 0.15) is 5.69 Å². The standard InChI is InChI=1S/C29H34FN7O2/c1-6-16-10-25(38)20(30)11-19(16)17-7-8-18-21(9-17)33-34-26(18)27-31-22-12-24(36(5)13-23(22)32-27)28(39)37-14-29(2,15-37)35(3)4/h7-11,24,38H,6,12-15H2,1-5H3,(H,31,32)(H,33,34)/t24-/m0/s1. The number of likely N-dealkylation sites (tertiary alicyclic amines) is 1. The first kappa shape index (κ1) is 25.5. The molecule has 1 amide bonds. The van der Waals surface area contributed by atoms with Crippen LogP contribution >= 0.6 is 0 Å². The number of phenolic OH excluding ortho intramolecular Hbond substituents is 1. The van der Waals surface area contributed by atoms with Crippen molar-refractivity contribution in [3.8, 4) is 28.4 Å². The summed E-state index contributed by atoms with van der Waals surface area (Å²) in [5, 5.41) is 18.3. The number of carbonyl (C=O) groups is 1. The van der Waals surface area contributed by atoms with Gasteiger partial charge < -0.3 is 19.9 Å². The molecule has 0 spiro atoms. The van der Waals surface area contributed by atoms with Crippen molar-refractivity contribution in [1.82, 2.24) is 34.9 Å². The number of fused-ring (bicyclic) bond motifs is 2. The molecular weight excluding hydrogens is 497 g/mol. The van der Waals surface area contributed by atoms with Crippen molar-refractivity contribution in [2.45, 2.75) is 44.8 Å². The highest BCUT2D eigenvalue weighted by atomic mass is 19.1. The first-order valence-corrected chi connectivity index (χ1v) is 13.3. The van der Waals surface area contributed by atoms with Gasteiger partial charge in [0.15, 0.2) is 17.4 Å². The summed E-state index contributed by atoms with van der Waals surface area (Å²) in [6, 6.07) is 8.46. The minimum absolute atomic E-state index is 0.0307. The summed E-state index contributed by atoms with van der Waals surface area (Å²) in [4.78, 5) is 27.9. The van der Waals surface area contributed by atoms with Crippen LogP contribution in [0.15, 0.2) is 30.3 Å². The molecular formula is C29H34FN7O2. The molecule has 1 saturated heterocycles. The van der Waals surface area contributed by atoms with E-state index in [4.69, 9.17) is 4.98 Å². The van der Waals surface area contributed by atoms with E-state index in [9.17, 15) is 14.3 Å². The molecule has 4 aromatic rings. The summed E-state index contributed by atoms with van der Waals surface area (Å²) in [5.41, 5.74) is 5.88. The van der Waals surface area contributed by atoms with Crippen molar-refractivity contribution < 1.29 is 14.3 Å². The van der Waals surface area contributed by atoms with E-state index in [2.05, 4.69) is 46.0 Å². The molecule has 204 valence electrons. The summed E-state index contributed by atoms with van der Waals surface area (Å²) in [5.74, 6) is -0.165. The lowest BCUT2D eigenvalue weighted by molar-refractivity contribution is -0.149. The predicted octanol–water partition coefficient (Wildman–Crippen LogP) is 3.55. The molecule has 0 unspecified atom stereocenters. The number of likely N-dealkylation sites (N-methyl/N-ethyl adjacent to an activating group) is 2. The molecule has 10 heteroatoms. The number of imidazole rings is 1. The van der Waals surface area contributed by atoms with Gasteiger partial charge in [0.2, 0.25) is 5.91 Å². The van der Waals surface area contributed by atoms with Crippen molar-refractivity contribution in [3.05, 3.63) is 53.1 Å². The molecule has 2 aliphatic rings. The van der Waals surface area contributed by atoms with E-state index in [-0.39, 0.29) is 23.2 Å². The zero-order valence-electron chi connectivity index (χ0n) is 23.0. The molecule has 0 radical (unpaired) electrons. The van der Waals surface area contributed by atoms with Crippen LogP contribution in [-0.4, -0.2) is 91.7 Å². The molecule has 9 nitrogen and oxygen atoms in total. The minimum Gasteiger partial charge on any atom is -0.505 e. The second kappa shape index (κ2) is 9.17. The van der Waals surface area contributed by atoms with Crippen LogP contribution in [0, 0.1) is 5.82 Å². The quantitative estimate of drug-likeness (QED) is 0.364. The molecule has 1 atom stereocenters. The maximum absolute atomic E-state index is 14.2. The van der Waals surface area contributed by atoms with E-state index >= 15 is 0 Å². The molecule has 0 saturated carbocycles. The molecule has 4 heterocycles. The molecule has 0 aliphatic carbocycles. The number of aromatic amines is 2. The van der Waals surface area contributed by atoms with E-state index in [0.29, 0.717) is 30.9 Å². The third-order valence-corrected chi connectivity index (χ3v) is 8.58. The second-order valence-electron chi connectivity index (χ2n) is 11.4. The smallest absolute Gasteiger partial charge is 0.240 e. The molecule has 2 aromatic heterocycles. The molecule has 2 aliphatic heterocycles. The van der Waals surface area contributed by atoms with Gasteiger partial charge in [0.25, 0.3) is 0 Å². The number of nitrogens with zero attached hydrogens (tertiary/aromatic N) is 5. The number of aryl methyl sites for hydroxylation is 1. The van der Waals surface area contributed by atoms with Gasteiger partial charge in [-0.2, -0.15) is 5.10 Å². The Kier molecular flexibility index (Phi) is 6.00.